The van der Waals surface area contributed by atoms with Crippen molar-refractivity contribution in [1.82, 2.24) is 15.5 Å². The van der Waals surface area contributed by atoms with Crippen molar-refractivity contribution in [3.8, 4) is 0 Å². The molecule has 6 heteroatoms. The molecule has 1 heterocycles. The van der Waals surface area contributed by atoms with Gasteiger partial charge in [0, 0.05) is 26.7 Å². The molecule has 2 rings (SSSR count). The molecule has 0 radical (unpaired) electrons. The minimum absolute atomic E-state index is 0.0620. The Hall–Kier alpha value is -1.66. The zero-order chi connectivity index (χ0) is 16.7. The number of aliphatic imine (C=N–C) groups is 1. The van der Waals surface area contributed by atoms with Crippen LogP contribution in [0.3, 0.4) is 0 Å². The van der Waals surface area contributed by atoms with Gasteiger partial charge in [-0.15, -0.1) is 0 Å². The SMILES string of the molecule is CN=C(NCC1CCCO1)NCC(c1cccc(F)c1)N(C)C. The molecule has 2 atom stereocenters. The van der Waals surface area contributed by atoms with Gasteiger partial charge in [0.1, 0.15) is 5.82 Å². The van der Waals surface area contributed by atoms with Crippen molar-refractivity contribution in [1.29, 1.82) is 0 Å². The third-order valence-corrected chi connectivity index (χ3v) is 4.06. The van der Waals surface area contributed by atoms with E-state index in [9.17, 15) is 4.39 Å². The maximum Gasteiger partial charge on any atom is 0.191 e. The van der Waals surface area contributed by atoms with Crippen molar-refractivity contribution in [3.63, 3.8) is 0 Å². The Labute approximate surface area is 137 Å². The smallest absolute Gasteiger partial charge is 0.191 e. The van der Waals surface area contributed by atoms with Gasteiger partial charge in [0.05, 0.1) is 12.1 Å². The van der Waals surface area contributed by atoms with Crippen molar-refractivity contribution in [2.75, 3.05) is 40.8 Å². The fourth-order valence-electron chi connectivity index (χ4n) is 2.74. The number of nitrogens with one attached hydrogen (secondary N) is 2. The van der Waals surface area contributed by atoms with Gasteiger partial charge in [0.15, 0.2) is 5.96 Å². The second-order valence-electron chi connectivity index (χ2n) is 6.00. The number of guanidine groups is 1. The zero-order valence-corrected chi connectivity index (χ0v) is 14.2. The van der Waals surface area contributed by atoms with Gasteiger partial charge in [-0.3, -0.25) is 4.99 Å². The van der Waals surface area contributed by atoms with Crippen molar-refractivity contribution < 1.29 is 9.13 Å². The molecule has 0 aliphatic carbocycles. The largest absolute Gasteiger partial charge is 0.376 e. The number of hydrogen-bond donors (Lipinski definition) is 2. The fraction of sp³-hybridized carbons (Fsp3) is 0.588. The number of likely N-dealkylation sites (N-methyl/N-ethyl adjacent to an activating group) is 1. The van der Waals surface area contributed by atoms with Crippen LogP contribution in [0.15, 0.2) is 29.3 Å². The first-order chi connectivity index (χ1) is 11.1. The van der Waals surface area contributed by atoms with Crippen LogP contribution >= 0.6 is 0 Å². The molecule has 1 aliphatic rings. The summed E-state index contributed by atoms with van der Waals surface area (Å²) in [5.41, 5.74) is 0.942. The molecule has 0 amide bonds. The second kappa shape index (κ2) is 8.84. The monoisotopic (exact) mass is 322 g/mol. The van der Waals surface area contributed by atoms with Crippen molar-refractivity contribution in [2.24, 2.45) is 4.99 Å². The first-order valence-corrected chi connectivity index (χ1v) is 8.08. The van der Waals surface area contributed by atoms with Crippen molar-refractivity contribution in [3.05, 3.63) is 35.6 Å². The molecule has 0 saturated carbocycles. The van der Waals surface area contributed by atoms with Crippen LogP contribution in [0.1, 0.15) is 24.4 Å². The summed E-state index contributed by atoms with van der Waals surface area (Å²) in [6, 6.07) is 6.79. The van der Waals surface area contributed by atoms with Crippen LogP contribution in [0.25, 0.3) is 0 Å². The summed E-state index contributed by atoms with van der Waals surface area (Å²) in [6.07, 6.45) is 2.48. The molecule has 2 unspecified atom stereocenters. The van der Waals surface area contributed by atoms with Crippen molar-refractivity contribution in [2.45, 2.75) is 25.0 Å². The van der Waals surface area contributed by atoms with E-state index >= 15 is 0 Å². The van der Waals surface area contributed by atoms with Crippen LogP contribution in [-0.2, 0) is 4.74 Å². The highest BCUT2D eigenvalue weighted by Gasteiger charge is 2.17. The third-order valence-electron chi connectivity index (χ3n) is 4.06. The van der Waals surface area contributed by atoms with Crippen LogP contribution < -0.4 is 10.6 Å². The Bertz CT molecular complexity index is 515. The number of ether oxygens (including phenoxy) is 1. The maximum atomic E-state index is 13.5. The Kier molecular flexibility index (Phi) is 6.80. The lowest BCUT2D eigenvalue weighted by Gasteiger charge is -2.26. The van der Waals surface area contributed by atoms with E-state index in [1.165, 1.54) is 6.07 Å². The number of benzene rings is 1. The molecule has 1 aromatic rings. The van der Waals surface area contributed by atoms with Crippen LogP contribution in [0.4, 0.5) is 4.39 Å². The average molecular weight is 322 g/mol. The predicted molar refractivity (Wildman–Crippen MR) is 91.2 cm³/mol. The topological polar surface area (TPSA) is 48.9 Å². The highest BCUT2D eigenvalue weighted by Crippen LogP contribution is 2.18. The van der Waals surface area contributed by atoms with E-state index in [0.29, 0.717) is 6.54 Å². The standard InChI is InChI=1S/C17H27FN4O/c1-19-17(20-11-15-8-5-9-23-15)21-12-16(22(2)3)13-6-4-7-14(18)10-13/h4,6-7,10,15-16H,5,8-9,11-12H2,1-3H3,(H2,19,20,21). The van der Waals surface area contributed by atoms with E-state index < -0.39 is 0 Å². The Morgan fingerprint density at radius 2 is 2.26 bits per heavy atom. The Balaban J connectivity index is 1.89. The molecule has 1 aliphatic heterocycles. The summed E-state index contributed by atoms with van der Waals surface area (Å²) in [5.74, 6) is 0.527. The molecular weight excluding hydrogens is 295 g/mol. The minimum atomic E-state index is -0.213. The molecule has 0 bridgehead atoms. The summed E-state index contributed by atoms with van der Waals surface area (Å²) in [6.45, 7) is 2.24. The van der Waals surface area contributed by atoms with E-state index in [1.807, 2.05) is 20.2 Å². The van der Waals surface area contributed by atoms with Crippen LogP contribution in [0.5, 0.6) is 0 Å². The highest BCUT2D eigenvalue weighted by molar-refractivity contribution is 5.79. The minimum Gasteiger partial charge on any atom is -0.376 e. The van der Waals surface area contributed by atoms with Gasteiger partial charge in [0.25, 0.3) is 0 Å². The molecule has 0 spiro atoms. The second-order valence-corrected chi connectivity index (χ2v) is 6.00. The summed E-state index contributed by atoms with van der Waals surface area (Å²) in [7, 11) is 5.72. The normalized spacial score (nSPS) is 19.9. The first kappa shape index (κ1) is 17.7. The van der Waals surface area contributed by atoms with E-state index in [1.54, 1.807) is 19.2 Å². The van der Waals surface area contributed by atoms with Crippen LogP contribution in [0, 0.1) is 5.82 Å². The van der Waals surface area contributed by atoms with Gasteiger partial charge in [-0.05, 0) is 44.6 Å². The molecule has 1 aromatic carbocycles. The van der Waals surface area contributed by atoms with Crippen LogP contribution in [-0.4, -0.2) is 57.8 Å². The first-order valence-electron chi connectivity index (χ1n) is 8.08. The van der Waals surface area contributed by atoms with Gasteiger partial charge >= 0.3 is 0 Å². The van der Waals surface area contributed by atoms with Gasteiger partial charge in [-0.1, -0.05) is 12.1 Å². The number of halogens is 1. The molecule has 1 fully saturated rings. The van der Waals surface area contributed by atoms with Gasteiger partial charge in [-0.25, -0.2) is 4.39 Å². The third kappa shape index (κ3) is 5.48. The summed E-state index contributed by atoms with van der Waals surface area (Å²) in [4.78, 5) is 6.30. The molecule has 1 saturated heterocycles. The number of rotatable bonds is 6. The molecule has 2 N–H and O–H groups in total. The quantitative estimate of drug-likeness (QED) is 0.619. The summed E-state index contributed by atoms with van der Waals surface area (Å²) < 4.78 is 19.1. The summed E-state index contributed by atoms with van der Waals surface area (Å²) in [5, 5.41) is 6.60. The van der Waals surface area contributed by atoms with E-state index in [-0.39, 0.29) is 18.0 Å². The molecule has 0 aromatic heterocycles. The lowest BCUT2D eigenvalue weighted by atomic mass is 10.1. The maximum absolute atomic E-state index is 13.5. The Morgan fingerprint density at radius 3 is 2.87 bits per heavy atom. The van der Waals surface area contributed by atoms with Gasteiger partial charge < -0.3 is 20.3 Å². The predicted octanol–water partition coefficient (Wildman–Crippen LogP) is 1.77. The van der Waals surface area contributed by atoms with E-state index in [0.717, 1.165) is 37.5 Å². The van der Waals surface area contributed by atoms with Crippen molar-refractivity contribution >= 4 is 5.96 Å². The summed E-state index contributed by atoms with van der Waals surface area (Å²) >= 11 is 0. The lowest BCUT2D eigenvalue weighted by Crippen LogP contribution is -2.44. The molecule has 23 heavy (non-hydrogen) atoms. The average Bonchev–Trinajstić information content (AvgIpc) is 3.03. The van der Waals surface area contributed by atoms with E-state index in [2.05, 4.69) is 20.5 Å². The number of hydrogen-bond acceptors (Lipinski definition) is 3. The van der Waals surface area contributed by atoms with Gasteiger partial charge in [-0.2, -0.15) is 0 Å². The van der Waals surface area contributed by atoms with E-state index in [4.69, 9.17) is 4.74 Å². The fourth-order valence-corrected chi connectivity index (χ4v) is 2.74. The van der Waals surface area contributed by atoms with Crippen LogP contribution in [0.2, 0.25) is 0 Å². The molecule has 128 valence electrons. The zero-order valence-electron chi connectivity index (χ0n) is 14.2. The highest BCUT2D eigenvalue weighted by atomic mass is 19.1. The lowest BCUT2D eigenvalue weighted by molar-refractivity contribution is 0.113. The molecule has 5 nitrogen and oxygen atoms in total. The number of nitrogens with zero attached hydrogens (tertiary/aromatic N) is 2. The molecular formula is C17H27FN4O. The van der Waals surface area contributed by atoms with Gasteiger partial charge in [0.2, 0.25) is 0 Å². The Morgan fingerprint density at radius 1 is 1.43 bits per heavy atom.